The molecule has 1 aromatic heterocycles. The molecule has 1 fully saturated rings. The van der Waals surface area contributed by atoms with Crippen molar-refractivity contribution in [2.45, 2.75) is 45.1 Å². The lowest BCUT2D eigenvalue weighted by molar-refractivity contribution is 0.229. The van der Waals surface area contributed by atoms with Gasteiger partial charge in [0.15, 0.2) is 0 Å². The third kappa shape index (κ3) is 3.14. The van der Waals surface area contributed by atoms with Crippen LogP contribution in [0.2, 0.25) is 0 Å². The van der Waals surface area contributed by atoms with Crippen LogP contribution in [-0.4, -0.2) is 31.1 Å². The van der Waals surface area contributed by atoms with Gasteiger partial charge in [0.1, 0.15) is 0 Å². The standard InChI is InChI=1S/C15H24N2S/c1-2-8-17(9-3-1)10-7-16-12-14-11-13-5-4-6-15(13)18-14/h11,16H,1-10,12H2. The first-order valence-corrected chi connectivity index (χ1v) is 8.27. The molecule has 0 atom stereocenters. The van der Waals surface area contributed by atoms with E-state index >= 15 is 0 Å². The van der Waals surface area contributed by atoms with Crippen molar-refractivity contribution >= 4 is 11.3 Å². The number of piperidine rings is 1. The highest BCUT2D eigenvalue weighted by molar-refractivity contribution is 7.12. The van der Waals surface area contributed by atoms with Crippen molar-refractivity contribution in [3.05, 3.63) is 21.4 Å². The number of nitrogens with zero attached hydrogens (tertiary/aromatic N) is 1. The number of fused-ring (bicyclic) bond motifs is 1. The second kappa shape index (κ2) is 6.18. The van der Waals surface area contributed by atoms with Crippen LogP contribution >= 0.6 is 11.3 Å². The molecule has 100 valence electrons. The first-order valence-electron chi connectivity index (χ1n) is 7.45. The quantitative estimate of drug-likeness (QED) is 0.823. The zero-order valence-electron chi connectivity index (χ0n) is 11.2. The summed E-state index contributed by atoms with van der Waals surface area (Å²) in [5, 5.41) is 3.61. The van der Waals surface area contributed by atoms with Gasteiger partial charge < -0.3 is 10.2 Å². The molecule has 0 saturated carbocycles. The van der Waals surface area contributed by atoms with Crippen molar-refractivity contribution in [2.75, 3.05) is 26.2 Å². The van der Waals surface area contributed by atoms with Crippen molar-refractivity contribution in [1.82, 2.24) is 10.2 Å². The fraction of sp³-hybridized carbons (Fsp3) is 0.733. The lowest BCUT2D eigenvalue weighted by Gasteiger charge is -2.26. The zero-order chi connectivity index (χ0) is 12.2. The Bertz CT molecular complexity index is 358. The molecule has 1 aliphatic heterocycles. The van der Waals surface area contributed by atoms with Gasteiger partial charge in [-0.2, -0.15) is 0 Å². The summed E-state index contributed by atoms with van der Waals surface area (Å²) in [6.45, 7) is 6.07. The van der Waals surface area contributed by atoms with Crippen molar-refractivity contribution in [3.63, 3.8) is 0 Å². The molecule has 1 aliphatic carbocycles. The Balaban J connectivity index is 1.36. The fourth-order valence-electron chi connectivity index (χ4n) is 3.11. The fourth-order valence-corrected chi connectivity index (χ4v) is 4.34. The van der Waals surface area contributed by atoms with Crippen LogP contribution < -0.4 is 5.32 Å². The predicted molar refractivity (Wildman–Crippen MR) is 78.3 cm³/mol. The molecule has 1 saturated heterocycles. The molecule has 3 heteroatoms. The van der Waals surface area contributed by atoms with Gasteiger partial charge in [-0.05, 0) is 56.8 Å². The van der Waals surface area contributed by atoms with E-state index in [0.29, 0.717) is 0 Å². The first-order chi connectivity index (χ1) is 8.92. The number of aryl methyl sites for hydroxylation is 2. The Labute approximate surface area is 114 Å². The SMILES string of the molecule is c1c(CNCCN2CCCCC2)sc2c1CCC2. The van der Waals surface area contributed by atoms with Crippen LogP contribution in [0.1, 0.15) is 41.0 Å². The van der Waals surface area contributed by atoms with E-state index in [1.54, 1.807) is 15.3 Å². The Morgan fingerprint density at radius 2 is 2.00 bits per heavy atom. The van der Waals surface area contributed by atoms with E-state index in [9.17, 15) is 0 Å². The minimum atomic E-state index is 1.07. The van der Waals surface area contributed by atoms with Crippen LogP contribution in [0.25, 0.3) is 0 Å². The van der Waals surface area contributed by atoms with Crippen molar-refractivity contribution in [3.8, 4) is 0 Å². The van der Waals surface area contributed by atoms with Crippen LogP contribution in [0.3, 0.4) is 0 Å². The summed E-state index contributed by atoms with van der Waals surface area (Å²) in [4.78, 5) is 5.80. The lowest BCUT2D eigenvalue weighted by atomic mass is 10.1. The van der Waals surface area contributed by atoms with Gasteiger partial charge in [0.05, 0.1) is 0 Å². The molecule has 0 radical (unpaired) electrons. The molecule has 2 nitrogen and oxygen atoms in total. The van der Waals surface area contributed by atoms with E-state index in [2.05, 4.69) is 16.3 Å². The van der Waals surface area contributed by atoms with E-state index in [1.807, 2.05) is 11.3 Å². The summed E-state index contributed by atoms with van der Waals surface area (Å²) < 4.78 is 0. The number of rotatable bonds is 5. The summed E-state index contributed by atoms with van der Waals surface area (Å²) in [6, 6.07) is 2.43. The summed E-state index contributed by atoms with van der Waals surface area (Å²) in [7, 11) is 0. The van der Waals surface area contributed by atoms with Gasteiger partial charge in [-0.1, -0.05) is 6.42 Å². The molecular formula is C15H24N2S. The maximum atomic E-state index is 3.61. The van der Waals surface area contributed by atoms with Crippen LogP contribution in [-0.2, 0) is 19.4 Å². The summed E-state index contributed by atoms with van der Waals surface area (Å²) >= 11 is 2.03. The van der Waals surface area contributed by atoms with Crippen molar-refractivity contribution < 1.29 is 0 Å². The van der Waals surface area contributed by atoms with E-state index in [-0.39, 0.29) is 0 Å². The smallest absolute Gasteiger partial charge is 0.0300 e. The Kier molecular flexibility index (Phi) is 4.34. The Hall–Kier alpha value is -0.380. The highest BCUT2D eigenvalue weighted by Crippen LogP contribution is 2.30. The molecule has 0 aromatic carbocycles. The molecule has 2 aliphatic rings. The molecule has 0 bridgehead atoms. The number of likely N-dealkylation sites (tertiary alicyclic amines) is 1. The number of hydrogen-bond acceptors (Lipinski definition) is 3. The molecule has 0 amide bonds. The van der Waals surface area contributed by atoms with Gasteiger partial charge in [-0.25, -0.2) is 0 Å². The summed E-state index contributed by atoms with van der Waals surface area (Å²) in [6.07, 6.45) is 8.26. The van der Waals surface area contributed by atoms with Crippen molar-refractivity contribution in [1.29, 1.82) is 0 Å². The van der Waals surface area contributed by atoms with Gasteiger partial charge in [0.2, 0.25) is 0 Å². The van der Waals surface area contributed by atoms with E-state index in [1.165, 1.54) is 58.2 Å². The number of hydrogen-bond donors (Lipinski definition) is 1. The lowest BCUT2D eigenvalue weighted by Crippen LogP contribution is -2.35. The average Bonchev–Trinajstić information content (AvgIpc) is 2.96. The normalized spacial score (nSPS) is 20.2. The molecule has 1 N–H and O–H groups in total. The molecule has 18 heavy (non-hydrogen) atoms. The van der Waals surface area contributed by atoms with Crippen LogP contribution in [0.5, 0.6) is 0 Å². The van der Waals surface area contributed by atoms with Gasteiger partial charge in [0.25, 0.3) is 0 Å². The second-order valence-corrected chi connectivity index (χ2v) is 6.82. The Morgan fingerprint density at radius 3 is 2.83 bits per heavy atom. The van der Waals surface area contributed by atoms with Crippen molar-refractivity contribution in [2.24, 2.45) is 0 Å². The van der Waals surface area contributed by atoms with E-state index in [4.69, 9.17) is 0 Å². The van der Waals surface area contributed by atoms with Crippen LogP contribution in [0.4, 0.5) is 0 Å². The third-order valence-corrected chi connectivity index (χ3v) is 5.39. The van der Waals surface area contributed by atoms with E-state index < -0.39 is 0 Å². The number of thiophene rings is 1. The average molecular weight is 264 g/mol. The Morgan fingerprint density at radius 1 is 1.11 bits per heavy atom. The molecular weight excluding hydrogens is 240 g/mol. The first kappa shape index (κ1) is 12.6. The van der Waals surface area contributed by atoms with Crippen LogP contribution in [0.15, 0.2) is 6.07 Å². The van der Waals surface area contributed by atoms with E-state index in [0.717, 1.165) is 13.1 Å². The molecule has 0 spiro atoms. The zero-order valence-corrected chi connectivity index (χ0v) is 12.0. The van der Waals surface area contributed by atoms with Gasteiger partial charge in [0, 0.05) is 29.4 Å². The monoisotopic (exact) mass is 264 g/mol. The minimum absolute atomic E-state index is 1.07. The second-order valence-electron chi connectivity index (χ2n) is 5.59. The molecule has 1 aromatic rings. The predicted octanol–water partition coefficient (Wildman–Crippen LogP) is 2.81. The third-order valence-electron chi connectivity index (χ3n) is 4.15. The molecule has 0 unspecified atom stereocenters. The number of nitrogens with one attached hydrogen (secondary N) is 1. The maximum absolute atomic E-state index is 3.61. The summed E-state index contributed by atoms with van der Waals surface area (Å²) in [5.74, 6) is 0. The maximum Gasteiger partial charge on any atom is 0.0300 e. The molecule has 3 rings (SSSR count). The van der Waals surface area contributed by atoms with Gasteiger partial charge in [-0.15, -0.1) is 11.3 Å². The summed E-state index contributed by atoms with van der Waals surface area (Å²) in [5.41, 5.74) is 1.63. The highest BCUT2D eigenvalue weighted by Gasteiger charge is 2.14. The van der Waals surface area contributed by atoms with Gasteiger partial charge >= 0.3 is 0 Å². The topological polar surface area (TPSA) is 15.3 Å². The minimum Gasteiger partial charge on any atom is -0.311 e. The van der Waals surface area contributed by atoms with Crippen LogP contribution in [0, 0.1) is 0 Å². The molecule has 2 heterocycles. The van der Waals surface area contributed by atoms with Gasteiger partial charge in [-0.3, -0.25) is 0 Å². The highest BCUT2D eigenvalue weighted by atomic mass is 32.1. The largest absolute Gasteiger partial charge is 0.311 e.